The second-order valence-corrected chi connectivity index (χ2v) is 9.34. The molecule has 2 aliphatic heterocycles. The predicted molar refractivity (Wildman–Crippen MR) is 104 cm³/mol. The molecule has 7 nitrogen and oxygen atoms in total. The van der Waals surface area contributed by atoms with E-state index in [1.54, 1.807) is 0 Å². The molecule has 0 radical (unpaired) electrons. The molecule has 0 saturated carbocycles. The zero-order chi connectivity index (χ0) is 19.3. The van der Waals surface area contributed by atoms with Crippen LogP contribution < -0.4 is 5.32 Å². The highest BCUT2D eigenvalue weighted by Gasteiger charge is 2.28. The van der Waals surface area contributed by atoms with Crippen LogP contribution in [-0.2, 0) is 32.6 Å². The molecule has 1 aromatic rings. The maximum atomic E-state index is 12.4. The smallest absolute Gasteiger partial charge is 0.223 e. The number of rotatable bonds is 6. The molecule has 0 bridgehead atoms. The van der Waals surface area contributed by atoms with Gasteiger partial charge < -0.3 is 10.1 Å². The number of hydrogen-bond acceptors (Lipinski definition) is 5. The zero-order valence-corrected chi connectivity index (χ0v) is 16.7. The summed E-state index contributed by atoms with van der Waals surface area (Å²) in [5.41, 5.74) is 2.34. The van der Waals surface area contributed by atoms with Gasteiger partial charge in [0.2, 0.25) is 15.9 Å². The summed E-state index contributed by atoms with van der Waals surface area (Å²) >= 11 is 0. The Kier molecular flexibility index (Phi) is 6.86. The minimum atomic E-state index is -3.15. The van der Waals surface area contributed by atoms with Crippen molar-refractivity contribution in [1.29, 1.82) is 0 Å². The maximum Gasteiger partial charge on any atom is 0.223 e. The standard InChI is InChI=1S/C19H29N3O4S/c1-27(24,25)22-8-6-18(7-9-22)19(23)20-14-16-2-4-17(5-3-16)15-21-10-12-26-13-11-21/h2-5,18H,6-15H2,1H3,(H,20,23). The van der Waals surface area contributed by atoms with E-state index in [4.69, 9.17) is 4.74 Å². The number of nitrogens with one attached hydrogen (secondary N) is 1. The highest BCUT2D eigenvalue weighted by Crippen LogP contribution is 2.19. The van der Waals surface area contributed by atoms with Crippen LogP contribution in [0, 0.1) is 5.92 Å². The second kappa shape index (κ2) is 9.14. The summed E-state index contributed by atoms with van der Waals surface area (Å²) in [6.07, 6.45) is 2.38. The number of benzene rings is 1. The average molecular weight is 396 g/mol. The topological polar surface area (TPSA) is 79.0 Å². The van der Waals surface area contributed by atoms with E-state index in [1.807, 2.05) is 0 Å². The molecule has 3 rings (SSSR count). The van der Waals surface area contributed by atoms with Gasteiger partial charge in [-0.25, -0.2) is 12.7 Å². The highest BCUT2D eigenvalue weighted by molar-refractivity contribution is 7.88. The van der Waals surface area contributed by atoms with E-state index >= 15 is 0 Å². The first kappa shape index (κ1) is 20.3. The van der Waals surface area contributed by atoms with Crippen LogP contribution in [0.4, 0.5) is 0 Å². The number of ether oxygens (including phenoxy) is 1. The minimum Gasteiger partial charge on any atom is -0.379 e. The Morgan fingerprint density at radius 2 is 1.67 bits per heavy atom. The van der Waals surface area contributed by atoms with E-state index in [0.717, 1.165) is 38.4 Å². The number of carbonyl (C=O) groups is 1. The molecule has 2 saturated heterocycles. The van der Waals surface area contributed by atoms with Gasteiger partial charge in [-0.3, -0.25) is 9.69 Å². The van der Waals surface area contributed by atoms with Gasteiger partial charge in [-0.2, -0.15) is 0 Å². The van der Waals surface area contributed by atoms with Crippen molar-refractivity contribution < 1.29 is 17.9 Å². The van der Waals surface area contributed by atoms with Gasteiger partial charge in [0.15, 0.2) is 0 Å². The van der Waals surface area contributed by atoms with Crippen LogP contribution in [-0.4, -0.2) is 69.2 Å². The van der Waals surface area contributed by atoms with Crippen molar-refractivity contribution in [3.63, 3.8) is 0 Å². The molecular formula is C19H29N3O4S. The maximum absolute atomic E-state index is 12.4. The summed E-state index contributed by atoms with van der Waals surface area (Å²) in [5.74, 6) is -0.0934. The Labute approximate surface area is 161 Å². The number of hydrogen-bond donors (Lipinski definition) is 1. The number of morpholine rings is 1. The Morgan fingerprint density at radius 3 is 2.26 bits per heavy atom. The lowest BCUT2D eigenvalue weighted by Crippen LogP contribution is -2.42. The van der Waals surface area contributed by atoms with Crippen LogP contribution >= 0.6 is 0 Å². The van der Waals surface area contributed by atoms with Crippen molar-refractivity contribution >= 4 is 15.9 Å². The van der Waals surface area contributed by atoms with Gasteiger partial charge in [0, 0.05) is 45.2 Å². The van der Waals surface area contributed by atoms with Gasteiger partial charge in [0.25, 0.3) is 0 Å². The van der Waals surface area contributed by atoms with Gasteiger partial charge >= 0.3 is 0 Å². The molecule has 2 heterocycles. The number of sulfonamides is 1. The van der Waals surface area contributed by atoms with Crippen LogP contribution in [0.1, 0.15) is 24.0 Å². The fraction of sp³-hybridized carbons (Fsp3) is 0.632. The normalized spacial score (nSPS) is 20.5. The summed E-state index contributed by atoms with van der Waals surface area (Å²) in [5, 5.41) is 2.99. The molecule has 0 spiro atoms. The van der Waals surface area contributed by atoms with E-state index in [1.165, 1.54) is 16.1 Å². The first-order chi connectivity index (χ1) is 12.9. The van der Waals surface area contributed by atoms with Gasteiger partial charge in [-0.05, 0) is 24.0 Å². The largest absolute Gasteiger partial charge is 0.379 e. The van der Waals surface area contributed by atoms with Crippen LogP contribution in [0.15, 0.2) is 24.3 Å². The number of carbonyl (C=O) groups excluding carboxylic acids is 1. The van der Waals surface area contributed by atoms with Gasteiger partial charge in [-0.1, -0.05) is 24.3 Å². The second-order valence-electron chi connectivity index (χ2n) is 7.36. The van der Waals surface area contributed by atoms with Gasteiger partial charge in [0.05, 0.1) is 19.5 Å². The molecule has 2 aliphatic rings. The molecule has 1 N–H and O–H groups in total. The van der Waals surface area contributed by atoms with Crippen molar-refractivity contribution in [2.45, 2.75) is 25.9 Å². The molecule has 0 aliphatic carbocycles. The summed E-state index contributed by atoms with van der Waals surface area (Å²) in [4.78, 5) is 14.7. The van der Waals surface area contributed by atoms with E-state index in [0.29, 0.717) is 32.5 Å². The number of piperidine rings is 1. The first-order valence-electron chi connectivity index (χ1n) is 9.52. The molecule has 150 valence electrons. The lowest BCUT2D eigenvalue weighted by molar-refractivity contribution is -0.126. The van der Waals surface area contributed by atoms with Crippen molar-refractivity contribution in [2.75, 3.05) is 45.6 Å². The Balaban J connectivity index is 1.42. The third kappa shape index (κ3) is 6.00. The van der Waals surface area contributed by atoms with Crippen LogP contribution in [0.25, 0.3) is 0 Å². The van der Waals surface area contributed by atoms with E-state index < -0.39 is 10.0 Å². The first-order valence-corrected chi connectivity index (χ1v) is 11.4. The molecule has 1 amide bonds. The molecule has 2 fully saturated rings. The van der Waals surface area contributed by atoms with Gasteiger partial charge in [-0.15, -0.1) is 0 Å². The van der Waals surface area contributed by atoms with E-state index in [-0.39, 0.29) is 11.8 Å². The van der Waals surface area contributed by atoms with Crippen LogP contribution in [0.3, 0.4) is 0 Å². The molecular weight excluding hydrogens is 366 g/mol. The van der Waals surface area contributed by atoms with Crippen molar-refractivity contribution in [2.24, 2.45) is 5.92 Å². The zero-order valence-electron chi connectivity index (χ0n) is 15.9. The molecule has 27 heavy (non-hydrogen) atoms. The molecule has 0 atom stereocenters. The monoisotopic (exact) mass is 395 g/mol. The summed E-state index contributed by atoms with van der Waals surface area (Å²) in [6.45, 7) is 5.81. The fourth-order valence-corrected chi connectivity index (χ4v) is 4.44. The third-order valence-corrected chi connectivity index (χ3v) is 6.60. The van der Waals surface area contributed by atoms with Crippen molar-refractivity contribution in [1.82, 2.24) is 14.5 Å². The number of amides is 1. The van der Waals surface area contributed by atoms with Crippen LogP contribution in [0.2, 0.25) is 0 Å². The number of nitrogens with zero attached hydrogens (tertiary/aromatic N) is 2. The lowest BCUT2D eigenvalue weighted by Gasteiger charge is -2.29. The average Bonchev–Trinajstić information content (AvgIpc) is 2.67. The summed E-state index contributed by atoms with van der Waals surface area (Å²) < 4.78 is 29.9. The molecule has 0 unspecified atom stereocenters. The quantitative estimate of drug-likeness (QED) is 0.771. The lowest BCUT2D eigenvalue weighted by atomic mass is 9.97. The predicted octanol–water partition coefficient (Wildman–Crippen LogP) is 0.807. The van der Waals surface area contributed by atoms with Crippen molar-refractivity contribution in [3.05, 3.63) is 35.4 Å². The SMILES string of the molecule is CS(=O)(=O)N1CCC(C(=O)NCc2ccc(CN3CCOCC3)cc2)CC1. The van der Waals surface area contributed by atoms with E-state index in [9.17, 15) is 13.2 Å². The van der Waals surface area contributed by atoms with Crippen LogP contribution in [0.5, 0.6) is 0 Å². The third-order valence-electron chi connectivity index (χ3n) is 5.29. The highest BCUT2D eigenvalue weighted by atomic mass is 32.2. The Morgan fingerprint density at radius 1 is 1.07 bits per heavy atom. The molecule has 8 heteroatoms. The fourth-order valence-electron chi connectivity index (χ4n) is 3.56. The molecule has 1 aromatic carbocycles. The minimum absolute atomic E-state index is 0.0144. The van der Waals surface area contributed by atoms with Gasteiger partial charge in [0.1, 0.15) is 0 Å². The Bertz CT molecular complexity index is 722. The summed E-state index contributed by atoms with van der Waals surface area (Å²) in [7, 11) is -3.15. The Hall–Kier alpha value is -1.48. The van der Waals surface area contributed by atoms with Crippen molar-refractivity contribution in [3.8, 4) is 0 Å². The summed E-state index contributed by atoms with van der Waals surface area (Å²) in [6, 6.07) is 8.34. The molecule has 0 aromatic heterocycles. The van der Waals surface area contributed by atoms with E-state index in [2.05, 4.69) is 34.5 Å².